The molecule has 0 saturated heterocycles. The minimum absolute atomic E-state index is 0.126. The molecule has 116 valence electrons. The summed E-state index contributed by atoms with van der Waals surface area (Å²) in [6, 6.07) is 15.5. The maximum absolute atomic E-state index is 12.2. The molecule has 2 aromatic carbocycles. The van der Waals surface area contributed by atoms with Crippen molar-refractivity contribution in [2.24, 2.45) is 0 Å². The van der Waals surface area contributed by atoms with Crippen molar-refractivity contribution in [1.82, 2.24) is 0 Å². The van der Waals surface area contributed by atoms with Gasteiger partial charge in [-0.2, -0.15) is 0 Å². The number of anilines is 1. The Labute approximate surface area is 132 Å². The van der Waals surface area contributed by atoms with Crippen molar-refractivity contribution in [3.05, 3.63) is 70.6 Å². The first-order valence-corrected chi connectivity index (χ1v) is 7.07. The number of para-hydroxylation sites is 1. The summed E-state index contributed by atoms with van der Waals surface area (Å²) in [4.78, 5) is 26.1. The van der Waals surface area contributed by atoms with E-state index in [1.165, 1.54) is 6.07 Å². The van der Waals surface area contributed by atoms with E-state index in [-0.39, 0.29) is 5.56 Å². The molecule has 0 aliphatic rings. The Morgan fingerprint density at radius 2 is 1.78 bits per heavy atom. The summed E-state index contributed by atoms with van der Waals surface area (Å²) in [6.45, 7) is 0. The van der Waals surface area contributed by atoms with E-state index in [1.54, 1.807) is 36.4 Å². The van der Waals surface area contributed by atoms with Crippen LogP contribution in [0, 0.1) is 0 Å². The van der Waals surface area contributed by atoms with E-state index in [0.717, 1.165) is 5.69 Å². The van der Waals surface area contributed by atoms with Gasteiger partial charge in [0.15, 0.2) is 0 Å². The van der Waals surface area contributed by atoms with Gasteiger partial charge in [0.25, 0.3) is 0 Å². The molecular weight excluding hydrogens is 294 g/mol. The summed E-state index contributed by atoms with van der Waals surface area (Å²) in [5.41, 5.74) is 0.492. The molecule has 3 aromatic rings. The van der Waals surface area contributed by atoms with Crippen LogP contribution in [0.25, 0.3) is 11.0 Å². The van der Waals surface area contributed by atoms with Crippen molar-refractivity contribution < 1.29 is 13.9 Å². The highest BCUT2D eigenvalue weighted by molar-refractivity contribution is 5.94. The minimum Gasteiger partial charge on any atom is -0.423 e. The first kappa shape index (κ1) is 14.8. The molecule has 0 N–H and O–H groups in total. The van der Waals surface area contributed by atoms with Gasteiger partial charge in [-0.3, -0.25) is 0 Å². The Kier molecular flexibility index (Phi) is 3.85. The molecule has 0 aliphatic heterocycles. The highest BCUT2D eigenvalue weighted by Gasteiger charge is 2.16. The molecule has 0 spiro atoms. The smallest absolute Gasteiger partial charge is 0.351 e. The summed E-state index contributed by atoms with van der Waals surface area (Å²) in [5, 5.41) is 0.662. The lowest BCUT2D eigenvalue weighted by molar-refractivity contribution is 0.0730. The van der Waals surface area contributed by atoms with Gasteiger partial charge >= 0.3 is 11.6 Å². The summed E-state index contributed by atoms with van der Waals surface area (Å²) in [6.07, 6.45) is 0. The Morgan fingerprint density at radius 3 is 2.48 bits per heavy atom. The zero-order chi connectivity index (χ0) is 16.4. The van der Waals surface area contributed by atoms with Crippen LogP contribution >= 0.6 is 0 Å². The number of hydrogen-bond donors (Lipinski definition) is 0. The van der Waals surface area contributed by atoms with Crippen molar-refractivity contribution in [3.8, 4) is 5.75 Å². The van der Waals surface area contributed by atoms with E-state index in [4.69, 9.17) is 9.15 Å². The first-order valence-electron chi connectivity index (χ1n) is 7.07. The Morgan fingerprint density at radius 1 is 1.04 bits per heavy atom. The summed E-state index contributed by atoms with van der Waals surface area (Å²) in [5.74, 6) is -0.358. The zero-order valence-corrected chi connectivity index (χ0v) is 12.8. The van der Waals surface area contributed by atoms with Gasteiger partial charge in [-0.1, -0.05) is 18.2 Å². The molecular formula is C18H15NO4. The molecule has 1 aromatic heterocycles. The van der Waals surface area contributed by atoms with Gasteiger partial charge in [0.05, 0.1) is 0 Å². The Balaban J connectivity index is 1.98. The largest absolute Gasteiger partial charge is 0.423 e. The van der Waals surface area contributed by atoms with Crippen molar-refractivity contribution in [2.45, 2.75) is 0 Å². The van der Waals surface area contributed by atoms with Crippen LogP contribution in [0.5, 0.6) is 5.75 Å². The molecule has 0 unspecified atom stereocenters. The third-order valence-corrected chi connectivity index (χ3v) is 3.41. The number of rotatable bonds is 3. The number of ether oxygens (including phenoxy) is 1. The number of carbonyl (C=O) groups is 1. The molecule has 5 nitrogen and oxygen atoms in total. The molecule has 0 bridgehead atoms. The third kappa shape index (κ3) is 3.08. The van der Waals surface area contributed by atoms with Crippen molar-refractivity contribution >= 4 is 22.6 Å². The average Bonchev–Trinajstić information content (AvgIpc) is 2.54. The van der Waals surface area contributed by atoms with E-state index < -0.39 is 11.6 Å². The maximum Gasteiger partial charge on any atom is 0.351 e. The molecule has 23 heavy (non-hydrogen) atoms. The lowest BCUT2D eigenvalue weighted by atomic mass is 10.1. The first-order chi connectivity index (χ1) is 11.0. The summed E-state index contributed by atoms with van der Waals surface area (Å²) >= 11 is 0. The van der Waals surface area contributed by atoms with Gasteiger partial charge in [-0.15, -0.1) is 0 Å². The number of fused-ring (bicyclic) bond motifs is 1. The quantitative estimate of drug-likeness (QED) is 0.423. The van der Waals surface area contributed by atoms with Crippen molar-refractivity contribution in [3.63, 3.8) is 0 Å². The normalized spacial score (nSPS) is 10.5. The molecule has 0 amide bonds. The lowest BCUT2D eigenvalue weighted by Crippen LogP contribution is -2.18. The van der Waals surface area contributed by atoms with Crippen LogP contribution < -0.4 is 15.3 Å². The molecule has 0 atom stereocenters. The second-order valence-electron chi connectivity index (χ2n) is 5.27. The molecule has 0 saturated carbocycles. The monoisotopic (exact) mass is 309 g/mol. The fourth-order valence-electron chi connectivity index (χ4n) is 2.17. The molecule has 0 aliphatic carbocycles. The van der Waals surface area contributed by atoms with E-state index in [1.807, 2.05) is 31.1 Å². The molecule has 1 heterocycles. The lowest BCUT2D eigenvalue weighted by Gasteiger charge is -2.12. The molecule has 0 radical (unpaired) electrons. The predicted octanol–water partition coefficient (Wildman–Crippen LogP) is 3.08. The fraction of sp³-hybridized carbons (Fsp3) is 0.111. The van der Waals surface area contributed by atoms with Gasteiger partial charge in [0.2, 0.25) is 0 Å². The van der Waals surface area contributed by atoms with E-state index in [0.29, 0.717) is 16.7 Å². The van der Waals surface area contributed by atoms with Crippen LogP contribution in [0.2, 0.25) is 0 Å². The van der Waals surface area contributed by atoms with Crippen LogP contribution in [0.1, 0.15) is 10.4 Å². The van der Waals surface area contributed by atoms with Gasteiger partial charge in [-0.05, 0) is 30.3 Å². The third-order valence-electron chi connectivity index (χ3n) is 3.41. The number of hydrogen-bond acceptors (Lipinski definition) is 5. The van der Waals surface area contributed by atoms with Crippen LogP contribution in [0.3, 0.4) is 0 Å². The van der Waals surface area contributed by atoms with Crippen LogP contribution in [0.15, 0.2) is 63.8 Å². The minimum atomic E-state index is -0.733. The van der Waals surface area contributed by atoms with E-state index in [2.05, 4.69) is 0 Å². The highest BCUT2D eigenvalue weighted by atomic mass is 16.5. The number of benzene rings is 2. The number of esters is 1. The molecule has 5 heteroatoms. The Bertz CT molecular complexity index is 913. The highest BCUT2D eigenvalue weighted by Crippen LogP contribution is 2.21. The van der Waals surface area contributed by atoms with Gasteiger partial charge in [-0.25, -0.2) is 9.59 Å². The van der Waals surface area contributed by atoms with Crippen molar-refractivity contribution in [1.29, 1.82) is 0 Å². The van der Waals surface area contributed by atoms with Crippen LogP contribution in [-0.2, 0) is 0 Å². The van der Waals surface area contributed by atoms with Gasteiger partial charge in [0, 0.05) is 31.2 Å². The summed E-state index contributed by atoms with van der Waals surface area (Å²) < 4.78 is 10.4. The predicted molar refractivity (Wildman–Crippen MR) is 88.2 cm³/mol. The zero-order valence-electron chi connectivity index (χ0n) is 12.8. The van der Waals surface area contributed by atoms with Crippen molar-refractivity contribution in [2.75, 3.05) is 19.0 Å². The van der Waals surface area contributed by atoms with E-state index in [9.17, 15) is 9.59 Å². The van der Waals surface area contributed by atoms with Gasteiger partial charge < -0.3 is 14.1 Å². The SMILES string of the molecule is CN(C)c1ccc2cc(C(=O)Oc3ccccc3)c(=O)oc2c1. The summed E-state index contributed by atoms with van der Waals surface area (Å²) in [7, 11) is 3.79. The second kappa shape index (κ2) is 5.96. The second-order valence-corrected chi connectivity index (χ2v) is 5.27. The number of carbonyl (C=O) groups excluding carboxylic acids is 1. The molecule has 3 rings (SSSR count). The number of nitrogens with zero attached hydrogens (tertiary/aromatic N) is 1. The standard InChI is InChI=1S/C18H15NO4/c1-19(2)13-9-8-12-10-15(18(21)23-16(12)11-13)17(20)22-14-6-4-3-5-7-14/h3-11H,1-2H3. The topological polar surface area (TPSA) is 59.8 Å². The van der Waals surface area contributed by atoms with Crippen LogP contribution in [-0.4, -0.2) is 20.1 Å². The fourth-order valence-corrected chi connectivity index (χ4v) is 2.17. The average molecular weight is 309 g/mol. The van der Waals surface area contributed by atoms with Gasteiger partial charge in [0.1, 0.15) is 16.9 Å². The maximum atomic E-state index is 12.2. The van der Waals surface area contributed by atoms with Crippen LogP contribution in [0.4, 0.5) is 5.69 Å². The van der Waals surface area contributed by atoms with E-state index >= 15 is 0 Å². The Hall–Kier alpha value is -3.08. The molecule has 0 fully saturated rings.